The molecule has 1 N–H and O–H groups in total. The molecule has 0 spiro atoms. The molecule has 0 aliphatic heterocycles. The highest BCUT2D eigenvalue weighted by molar-refractivity contribution is 6.05. The number of benzene rings is 1. The van der Waals surface area contributed by atoms with Gasteiger partial charge in [0.2, 0.25) is 0 Å². The van der Waals surface area contributed by atoms with Crippen molar-refractivity contribution in [3.63, 3.8) is 0 Å². The molecule has 4 nitrogen and oxygen atoms in total. The first-order valence-corrected chi connectivity index (χ1v) is 10.1. The van der Waals surface area contributed by atoms with Crippen molar-refractivity contribution < 1.29 is 4.42 Å². The third-order valence-electron chi connectivity index (χ3n) is 7.52. The summed E-state index contributed by atoms with van der Waals surface area (Å²) in [6.07, 6.45) is 10.3. The zero-order valence-corrected chi connectivity index (χ0v) is 15.2. The van der Waals surface area contributed by atoms with E-state index in [2.05, 4.69) is 28.3 Å². The summed E-state index contributed by atoms with van der Waals surface area (Å²) in [6.45, 7) is 2.36. The summed E-state index contributed by atoms with van der Waals surface area (Å²) in [5, 5.41) is 4.82. The number of anilines is 1. The molecule has 0 amide bonds. The molecule has 4 aliphatic carbocycles. The lowest BCUT2D eigenvalue weighted by molar-refractivity contribution is -0.0602. The Hall–Kier alpha value is -2.10. The van der Waals surface area contributed by atoms with E-state index in [-0.39, 0.29) is 0 Å². The van der Waals surface area contributed by atoms with Crippen LogP contribution in [0.3, 0.4) is 0 Å². The molecule has 2 aromatic heterocycles. The lowest BCUT2D eigenvalue weighted by Crippen LogP contribution is -2.53. The minimum atomic E-state index is 0.419. The van der Waals surface area contributed by atoms with Gasteiger partial charge in [-0.15, -0.1) is 0 Å². The zero-order chi connectivity index (χ0) is 17.3. The van der Waals surface area contributed by atoms with Gasteiger partial charge in [0.25, 0.3) is 0 Å². The Kier molecular flexibility index (Phi) is 3.01. The number of hydrogen-bond donors (Lipinski definition) is 1. The quantitative estimate of drug-likeness (QED) is 0.690. The molecule has 4 heteroatoms. The number of nitrogens with zero attached hydrogens (tertiary/aromatic N) is 2. The van der Waals surface area contributed by atoms with Gasteiger partial charge in [0.05, 0.1) is 0 Å². The summed E-state index contributed by atoms with van der Waals surface area (Å²) in [7, 11) is 0. The van der Waals surface area contributed by atoms with E-state index in [1.54, 1.807) is 6.33 Å². The molecule has 7 rings (SSSR count). The second kappa shape index (κ2) is 5.21. The molecule has 4 aliphatic rings. The maximum absolute atomic E-state index is 6.12. The number of para-hydroxylation sites is 1. The molecule has 1 atom stereocenters. The third-order valence-corrected chi connectivity index (χ3v) is 7.52. The maximum Gasteiger partial charge on any atom is 0.196 e. The Balaban J connectivity index is 1.37. The van der Waals surface area contributed by atoms with Crippen molar-refractivity contribution in [2.24, 2.45) is 23.2 Å². The van der Waals surface area contributed by atoms with Crippen molar-refractivity contribution in [2.45, 2.75) is 51.5 Å². The summed E-state index contributed by atoms with van der Waals surface area (Å²) < 4.78 is 6.12. The molecule has 26 heavy (non-hydrogen) atoms. The van der Waals surface area contributed by atoms with Crippen LogP contribution in [0.2, 0.25) is 0 Å². The Labute approximate surface area is 153 Å². The van der Waals surface area contributed by atoms with Gasteiger partial charge in [-0.25, -0.2) is 9.97 Å². The molecule has 0 unspecified atom stereocenters. The van der Waals surface area contributed by atoms with Crippen LogP contribution >= 0.6 is 0 Å². The molecule has 3 aromatic rings. The second-order valence-electron chi connectivity index (χ2n) is 9.14. The SMILES string of the molecule is C[C@H](Nc1ncnc2c1oc1ccccc12)C12CC3CC(CC(C3)C1)C2. The van der Waals surface area contributed by atoms with Gasteiger partial charge in [-0.2, -0.15) is 0 Å². The standard InChI is InChI=1S/C22H25N3O/c1-13(22-9-14-6-15(10-22)8-16(7-14)11-22)25-21-20-19(23-12-24-21)17-4-2-3-5-18(17)26-20/h2-5,12-16H,6-11H2,1H3,(H,23,24,25)/t13-,14?,15?,16?,22?/m0/s1. The number of nitrogens with one attached hydrogen (secondary N) is 1. The molecule has 0 saturated heterocycles. The first kappa shape index (κ1) is 15.0. The highest BCUT2D eigenvalue weighted by Crippen LogP contribution is 2.61. The lowest BCUT2D eigenvalue weighted by Gasteiger charge is -2.59. The van der Waals surface area contributed by atoms with Crippen LogP contribution in [0, 0.1) is 23.2 Å². The molecule has 4 bridgehead atoms. The first-order valence-electron chi connectivity index (χ1n) is 10.1. The predicted molar refractivity (Wildman–Crippen MR) is 103 cm³/mol. The maximum atomic E-state index is 6.12. The third kappa shape index (κ3) is 2.07. The Morgan fingerprint density at radius 1 is 1.04 bits per heavy atom. The van der Waals surface area contributed by atoms with Crippen LogP contribution in [0.5, 0.6) is 0 Å². The molecular formula is C22H25N3O. The van der Waals surface area contributed by atoms with E-state index in [1.807, 2.05) is 18.2 Å². The zero-order valence-electron chi connectivity index (χ0n) is 15.2. The fourth-order valence-electron chi connectivity index (χ4n) is 6.69. The normalized spacial score (nSPS) is 33.8. The highest BCUT2D eigenvalue weighted by atomic mass is 16.3. The van der Waals surface area contributed by atoms with E-state index < -0.39 is 0 Å². The Morgan fingerprint density at radius 2 is 1.73 bits per heavy atom. The van der Waals surface area contributed by atoms with Crippen molar-refractivity contribution in [3.8, 4) is 0 Å². The Bertz CT molecular complexity index is 956. The van der Waals surface area contributed by atoms with Crippen LogP contribution < -0.4 is 5.32 Å². The van der Waals surface area contributed by atoms with E-state index in [1.165, 1.54) is 38.5 Å². The topological polar surface area (TPSA) is 51.0 Å². The fourth-order valence-corrected chi connectivity index (χ4v) is 6.69. The summed E-state index contributed by atoms with van der Waals surface area (Å²) in [5.74, 6) is 3.74. The Morgan fingerprint density at radius 3 is 2.46 bits per heavy atom. The van der Waals surface area contributed by atoms with Crippen LogP contribution in [-0.4, -0.2) is 16.0 Å². The van der Waals surface area contributed by atoms with Gasteiger partial charge in [-0.1, -0.05) is 12.1 Å². The molecule has 4 saturated carbocycles. The summed E-state index contributed by atoms with van der Waals surface area (Å²) >= 11 is 0. The number of fused-ring (bicyclic) bond motifs is 3. The van der Waals surface area contributed by atoms with Gasteiger partial charge < -0.3 is 9.73 Å². The smallest absolute Gasteiger partial charge is 0.196 e. The number of furan rings is 1. The molecule has 1 aromatic carbocycles. The van der Waals surface area contributed by atoms with E-state index in [9.17, 15) is 0 Å². The van der Waals surface area contributed by atoms with Crippen molar-refractivity contribution >= 4 is 27.9 Å². The summed E-state index contributed by atoms with van der Waals surface area (Å²) in [6, 6.07) is 8.53. The van der Waals surface area contributed by atoms with E-state index in [0.29, 0.717) is 11.5 Å². The van der Waals surface area contributed by atoms with Crippen molar-refractivity contribution in [3.05, 3.63) is 30.6 Å². The van der Waals surface area contributed by atoms with Crippen LogP contribution in [0.25, 0.3) is 22.1 Å². The first-order chi connectivity index (χ1) is 12.7. The van der Waals surface area contributed by atoms with Gasteiger partial charge in [-0.05, 0) is 80.8 Å². The fraction of sp³-hybridized carbons (Fsp3) is 0.545. The second-order valence-corrected chi connectivity index (χ2v) is 9.14. The lowest BCUT2D eigenvalue weighted by atomic mass is 9.48. The van der Waals surface area contributed by atoms with Crippen molar-refractivity contribution in [1.82, 2.24) is 9.97 Å². The summed E-state index contributed by atoms with van der Waals surface area (Å²) in [4.78, 5) is 9.04. The van der Waals surface area contributed by atoms with Gasteiger partial charge in [0.15, 0.2) is 11.4 Å². The van der Waals surface area contributed by atoms with Crippen molar-refractivity contribution in [2.75, 3.05) is 5.32 Å². The van der Waals surface area contributed by atoms with Gasteiger partial charge in [-0.3, -0.25) is 0 Å². The average Bonchev–Trinajstić information content (AvgIpc) is 3.00. The van der Waals surface area contributed by atoms with Gasteiger partial charge in [0.1, 0.15) is 17.4 Å². The van der Waals surface area contributed by atoms with Gasteiger partial charge >= 0.3 is 0 Å². The average molecular weight is 347 g/mol. The molecule has 0 radical (unpaired) electrons. The van der Waals surface area contributed by atoms with E-state index >= 15 is 0 Å². The van der Waals surface area contributed by atoms with Gasteiger partial charge in [0, 0.05) is 11.4 Å². The number of aromatic nitrogens is 2. The largest absolute Gasteiger partial charge is 0.450 e. The van der Waals surface area contributed by atoms with Crippen LogP contribution in [0.4, 0.5) is 5.82 Å². The van der Waals surface area contributed by atoms with Crippen LogP contribution in [0.15, 0.2) is 35.0 Å². The summed E-state index contributed by atoms with van der Waals surface area (Å²) in [5.41, 5.74) is 3.03. The monoisotopic (exact) mass is 347 g/mol. The minimum Gasteiger partial charge on any atom is -0.450 e. The molecular weight excluding hydrogens is 322 g/mol. The van der Waals surface area contributed by atoms with Crippen molar-refractivity contribution in [1.29, 1.82) is 0 Å². The minimum absolute atomic E-state index is 0.419. The number of rotatable bonds is 3. The number of hydrogen-bond acceptors (Lipinski definition) is 4. The van der Waals surface area contributed by atoms with E-state index in [4.69, 9.17) is 4.42 Å². The van der Waals surface area contributed by atoms with E-state index in [0.717, 1.165) is 45.6 Å². The van der Waals surface area contributed by atoms with Crippen LogP contribution in [0.1, 0.15) is 45.4 Å². The molecule has 134 valence electrons. The highest BCUT2D eigenvalue weighted by Gasteiger charge is 2.53. The van der Waals surface area contributed by atoms with Crippen LogP contribution in [-0.2, 0) is 0 Å². The molecule has 4 fully saturated rings. The predicted octanol–water partition coefficient (Wildman–Crippen LogP) is 5.39. The molecule has 2 heterocycles.